The molecule has 1 saturated heterocycles. The Hall–Kier alpha value is -3.62. The van der Waals surface area contributed by atoms with Crippen LogP contribution in [0.3, 0.4) is 0 Å². The molecule has 14 heteroatoms. The largest absolute Gasteiger partial charge is 0.456 e. The molecule has 14 nitrogen and oxygen atoms in total. The van der Waals surface area contributed by atoms with Crippen LogP contribution in [0.25, 0.3) is 5.52 Å². The highest BCUT2D eigenvalue weighted by Crippen LogP contribution is 2.43. The molecule has 2 fully saturated rings. The molecule has 1 aliphatic heterocycles. The normalized spacial score (nSPS) is 25.6. The van der Waals surface area contributed by atoms with E-state index in [4.69, 9.17) is 14.2 Å². The van der Waals surface area contributed by atoms with Crippen molar-refractivity contribution in [2.45, 2.75) is 69.5 Å². The average molecular weight is 534 g/mol. The molecule has 3 N–H and O–H groups in total. The molecular formula is C24H31N5O9. The van der Waals surface area contributed by atoms with E-state index in [1.807, 2.05) is 0 Å². The van der Waals surface area contributed by atoms with Crippen molar-refractivity contribution in [3.8, 4) is 0 Å². The van der Waals surface area contributed by atoms with Crippen LogP contribution in [0, 0.1) is 5.92 Å². The SMILES string of the molecule is C=N[C@@]1(c2ccc3c(NC(=O)OCOC(C)=O)ncnn23)O[C@H](CO)[C@@H](OC(=O)CC2CCCCC2)[C@H]1O. The van der Waals surface area contributed by atoms with Crippen LogP contribution in [-0.2, 0) is 34.3 Å². The molecule has 3 heterocycles. The summed E-state index contributed by atoms with van der Waals surface area (Å²) in [6.07, 6.45) is 1.81. The molecule has 4 atom stereocenters. The maximum Gasteiger partial charge on any atom is 0.415 e. The van der Waals surface area contributed by atoms with E-state index in [-0.39, 0.29) is 29.4 Å². The minimum Gasteiger partial charge on any atom is -0.456 e. The van der Waals surface area contributed by atoms with Gasteiger partial charge in [0, 0.05) is 13.3 Å². The first-order valence-corrected chi connectivity index (χ1v) is 12.3. The van der Waals surface area contributed by atoms with E-state index in [1.165, 1.54) is 23.6 Å². The van der Waals surface area contributed by atoms with Gasteiger partial charge in [-0.2, -0.15) is 5.10 Å². The van der Waals surface area contributed by atoms with Crippen LogP contribution in [0.2, 0.25) is 0 Å². The summed E-state index contributed by atoms with van der Waals surface area (Å²) in [5, 5.41) is 27.9. The van der Waals surface area contributed by atoms with Crippen molar-refractivity contribution in [3.63, 3.8) is 0 Å². The van der Waals surface area contributed by atoms with Gasteiger partial charge in [-0.05, 0) is 37.6 Å². The Bertz CT molecular complexity index is 1180. The molecule has 2 aromatic rings. The number of carbonyl (C=O) groups excluding carboxylic acids is 3. The van der Waals surface area contributed by atoms with Gasteiger partial charge in [0.05, 0.1) is 6.61 Å². The van der Waals surface area contributed by atoms with Gasteiger partial charge in [-0.3, -0.25) is 19.9 Å². The maximum absolute atomic E-state index is 12.7. The van der Waals surface area contributed by atoms with Crippen LogP contribution in [-0.4, -0.2) is 81.3 Å². The Morgan fingerprint density at radius 1 is 1.26 bits per heavy atom. The Morgan fingerprint density at radius 3 is 2.71 bits per heavy atom. The molecule has 1 saturated carbocycles. The van der Waals surface area contributed by atoms with Crippen LogP contribution in [0.15, 0.2) is 23.5 Å². The fourth-order valence-corrected chi connectivity index (χ4v) is 4.93. The highest BCUT2D eigenvalue weighted by Gasteiger charge is 2.58. The zero-order valence-electron chi connectivity index (χ0n) is 20.9. The molecule has 0 spiro atoms. The second-order valence-electron chi connectivity index (χ2n) is 9.24. The van der Waals surface area contributed by atoms with Gasteiger partial charge in [0.1, 0.15) is 29.7 Å². The summed E-state index contributed by atoms with van der Waals surface area (Å²) in [6, 6.07) is 3.06. The van der Waals surface area contributed by atoms with Gasteiger partial charge in [-0.1, -0.05) is 19.3 Å². The van der Waals surface area contributed by atoms with Crippen LogP contribution in [0.4, 0.5) is 10.6 Å². The lowest BCUT2D eigenvalue weighted by molar-refractivity contribution is -0.158. The number of hydrogen-bond donors (Lipinski definition) is 3. The van der Waals surface area contributed by atoms with Crippen molar-refractivity contribution < 1.29 is 43.5 Å². The van der Waals surface area contributed by atoms with Crippen molar-refractivity contribution in [1.82, 2.24) is 14.6 Å². The standard InChI is InChI=1S/C24H31N5O9/c1-14(31)35-13-36-23(34)28-22-16-8-9-18(29(16)27-12-26-22)24(25-2)21(33)20(17(11-30)38-24)37-19(32)10-15-6-4-3-5-7-15/h8-9,12,15,17,20-21,30,33H,2-7,10-11,13H2,1H3,(H,26,27,28,34)/t17-,20-,21-,24+/m1/s1. The minimum atomic E-state index is -1.85. The van der Waals surface area contributed by atoms with Gasteiger partial charge in [0.15, 0.2) is 11.9 Å². The van der Waals surface area contributed by atoms with Gasteiger partial charge in [-0.15, -0.1) is 0 Å². The summed E-state index contributed by atoms with van der Waals surface area (Å²) in [7, 11) is 0. The number of aliphatic hydroxyl groups excluding tert-OH is 2. The molecular weight excluding hydrogens is 502 g/mol. The number of rotatable bonds is 9. The van der Waals surface area contributed by atoms with E-state index in [2.05, 4.69) is 31.8 Å². The van der Waals surface area contributed by atoms with Crippen molar-refractivity contribution in [2.24, 2.45) is 10.9 Å². The first-order chi connectivity index (χ1) is 18.3. The predicted molar refractivity (Wildman–Crippen MR) is 130 cm³/mol. The lowest BCUT2D eigenvalue weighted by Gasteiger charge is -2.27. The Morgan fingerprint density at radius 2 is 2.03 bits per heavy atom. The fraction of sp³-hybridized carbons (Fsp3) is 0.583. The second kappa shape index (κ2) is 11.8. The molecule has 0 bridgehead atoms. The van der Waals surface area contributed by atoms with Crippen LogP contribution >= 0.6 is 0 Å². The molecule has 2 aliphatic rings. The Kier molecular flexibility index (Phi) is 8.54. The number of ether oxygens (including phenoxy) is 4. The zero-order valence-corrected chi connectivity index (χ0v) is 20.9. The molecule has 38 heavy (non-hydrogen) atoms. The number of anilines is 1. The van der Waals surface area contributed by atoms with Crippen molar-refractivity contribution in [1.29, 1.82) is 0 Å². The van der Waals surface area contributed by atoms with E-state index >= 15 is 0 Å². The lowest BCUT2D eigenvalue weighted by Crippen LogP contribution is -2.43. The summed E-state index contributed by atoms with van der Waals surface area (Å²) in [4.78, 5) is 43.7. The summed E-state index contributed by atoms with van der Waals surface area (Å²) in [6.45, 7) is 3.62. The molecule has 0 radical (unpaired) electrons. The number of carbonyl (C=O) groups is 3. The van der Waals surface area contributed by atoms with E-state index in [0.717, 1.165) is 38.4 Å². The smallest absolute Gasteiger partial charge is 0.415 e. The predicted octanol–water partition coefficient (Wildman–Crippen LogP) is 1.29. The Labute approximate surface area is 217 Å². The van der Waals surface area contributed by atoms with Crippen LogP contribution < -0.4 is 5.32 Å². The number of aromatic nitrogens is 3. The molecule has 1 aliphatic carbocycles. The molecule has 2 aromatic heterocycles. The highest BCUT2D eigenvalue weighted by atomic mass is 16.7. The van der Waals surface area contributed by atoms with E-state index < -0.39 is 55.5 Å². The summed E-state index contributed by atoms with van der Waals surface area (Å²) < 4.78 is 22.2. The quantitative estimate of drug-likeness (QED) is 0.240. The van der Waals surface area contributed by atoms with Crippen molar-refractivity contribution >= 4 is 36.1 Å². The number of amides is 1. The summed E-state index contributed by atoms with van der Waals surface area (Å²) >= 11 is 0. The fourth-order valence-electron chi connectivity index (χ4n) is 4.93. The molecule has 4 rings (SSSR count). The number of aliphatic hydroxyl groups is 2. The molecule has 0 unspecified atom stereocenters. The minimum absolute atomic E-state index is 0.0416. The van der Waals surface area contributed by atoms with E-state index in [9.17, 15) is 24.6 Å². The number of esters is 2. The van der Waals surface area contributed by atoms with Gasteiger partial charge in [0.2, 0.25) is 12.5 Å². The van der Waals surface area contributed by atoms with E-state index in [0.29, 0.717) is 0 Å². The maximum atomic E-state index is 12.7. The number of fused-ring (bicyclic) bond motifs is 1. The third kappa shape index (κ3) is 5.61. The summed E-state index contributed by atoms with van der Waals surface area (Å²) in [5.41, 5.74) is -1.38. The molecule has 0 aromatic carbocycles. The topological polar surface area (TPSA) is 183 Å². The third-order valence-corrected chi connectivity index (χ3v) is 6.76. The zero-order chi connectivity index (χ0) is 27.3. The number of nitrogens with zero attached hydrogens (tertiary/aromatic N) is 4. The first-order valence-electron chi connectivity index (χ1n) is 12.3. The monoisotopic (exact) mass is 533 g/mol. The molecule has 1 amide bonds. The lowest BCUT2D eigenvalue weighted by atomic mass is 9.87. The van der Waals surface area contributed by atoms with Gasteiger partial charge in [-0.25, -0.2) is 14.3 Å². The molecule has 206 valence electrons. The average Bonchev–Trinajstić information content (AvgIpc) is 3.45. The second-order valence-corrected chi connectivity index (χ2v) is 9.24. The van der Waals surface area contributed by atoms with E-state index in [1.54, 1.807) is 0 Å². The van der Waals surface area contributed by atoms with Crippen molar-refractivity contribution in [2.75, 3.05) is 18.7 Å². The van der Waals surface area contributed by atoms with Crippen molar-refractivity contribution in [3.05, 3.63) is 24.2 Å². The third-order valence-electron chi connectivity index (χ3n) is 6.76. The Balaban J connectivity index is 1.55. The van der Waals surface area contributed by atoms with Crippen LogP contribution in [0.1, 0.15) is 51.1 Å². The highest BCUT2D eigenvalue weighted by molar-refractivity contribution is 5.88. The number of aliphatic imine (C=N–C) groups is 1. The summed E-state index contributed by atoms with van der Waals surface area (Å²) in [5.74, 6) is -0.831. The number of nitrogens with one attached hydrogen (secondary N) is 1. The van der Waals surface area contributed by atoms with Crippen LogP contribution in [0.5, 0.6) is 0 Å². The first kappa shape index (κ1) is 27.4. The van der Waals surface area contributed by atoms with Gasteiger partial charge >= 0.3 is 18.0 Å². The van der Waals surface area contributed by atoms with Gasteiger partial charge in [0.25, 0.3) is 0 Å². The van der Waals surface area contributed by atoms with Gasteiger partial charge < -0.3 is 29.2 Å². The number of hydrogen-bond acceptors (Lipinski definition) is 12.